The summed E-state index contributed by atoms with van der Waals surface area (Å²) in [4.78, 5) is 28.7. The maximum Gasteiger partial charge on any atom is 0.339 e. The summed E-state index contributed by atoms with van der Waals surface area (Å²) in [6, 6.07) is 14.9. The molecular weight excluding hydrogens is 332 g/mol. The Morgan fingerprint density at radius 1 is 1.19 bits per heavy atom. The number of aryl methyl sites for hydroxylation is 1. The number of nitrogens with one attached hydrogen (secondary N) is 2. The van der Waals surface area contributed by atoms with E-state index in [0.29, 0.717) is 17.8 Å². The van der Waals surface area contributed by atoms with Crippen LogP contribution in [0.5, 0.6) is 0 Å². The summed E-state index contributed by atoms with van der Waals surface area (Å²) >= 11 is 0. The van der Waals surface area contributed by atoms with Crippen molar-refractivity contribution in [2.75, 3.05) is 5.32 Å². The number of esters is 1. The Bertz CT molecular complexity index is 978. The van der Waals surface area contributed by atoms with E-state index in [9.17, 15) is 9.59 Å². The minimum Gasteiger partial charge on any atom is -0.448 e. The molecule has 1 aliphatic rings. The topological polar surface area (TPSA) is 97.0 Å². The van der Waals surface area contributed by atoms with Crippen LogP contribution < -0.4 is 5.32 Å². The molecule has 0 unspecified atom stereocenters. The monoisotopic (exact) mass is 348 g/mol. The molecule has 0 spiro atoms. The molecule has 0 aliphatic carbocycles. The Morgan fingerprint density at radius 3 is 2.77 bits per heavy atom. The lowest BCUT2D eigenvalue weighted by molar-refractivity contribution is -0.125. The van der Waals surface area contributed by atoms with Gasteiger partial charge in [0.15, 0.2) is 11.9 Å². The number of hydrogen-bond donors (Lipinski definition) is 2. The zero-order valence-electron chi connectivity index (χ0n) is 14.0. The maximum absolute atomic E-state index is 12.4. The predicted octanol–water partition coefficient (Wildman–Crippen LogP) is 2.50. The number of aromatic amines is 1. The van der Waals surface area contributed by atoms with Gasteiger partial charge < -0.3 is 4.74 Å². The third-order valence-corrected chi connectivity index (χ3v) is 4.23. The fraction of sp³-hybridized carbons (Fsp3) is 0.158. The summed E-state index contributed by atoms with van der Waals surface area (Å²) in [6.07, 6.45) is -0.582. The van der Waals surface area contributed by atoms with Crippen LogP contribution in [-0.2, 0) is 16.0 Å². The molecular formula is C19H16N4O3. The van der Waals surface area contributed by atoms with Crippen LogP contribution in [0, 0.1) is 6.92 Å². The number of carbonyl (C=O) groups is 2. The molecule has 2 heterocycles. The fourth-order valence-electron chi connectivity index (χ4n) is 2.83. The van der Waals surface area contributed by atoms with Crippen molar-refractivity contribution in [2.24, 2.45) is 0 Å². The molecule has 1 atom stereocenters. The van der Waals surface area contributed by atoms with Crippen molar-refractivity contribution < 1.29 is 14.3 Å². The van der Waals surface area contributed by atoms with Crippen molar-refractivity contribution in [3.05, 3.63) is 65.2 Å². The first kappa shape index (κ1) is 16.0. The predicted molar refractivity (Wildman–Crippen MR) is 94.5 cm³/mol. The Balaban J connectivity index is 1.47. The van der Waals surface area contributed by atoms with Gasteiger partial charge in [0.2, 0.25) is 5.95 Å². The average molecular weight is 348 g/mol. The first-order valence-electron chi connectivity index (χ1n) is 8.19. The number of aromatic nitrogens is 3. The number of ether oxygens (including phenoxy) is 1. The second-order valence-electron chi connectivity index (χ2n) is 6.12. The first-order valence-corrected chi connectivity index (χ1v) is 8.19. The number of cyclic esters (lactones) is 1. The van der Waals surface area contributed by atoms with Gasteiger partial charge in [-0.05, 0) is 18.6 Å². The Kier molecular flexibility index (Phi) is 3.96. The third kappa shape index (κ3) is 3.06. The van der Waals surface area contributed by atoms with E-state index in [2.05, 4.69) is 20.5 Å². The summed E-state index contributed by atoms with van der Waals surface area (Å²) in [6.45, 7) is 2.00. The van der Waals surface area contributed by atoms with Gasteiger partial charge in [-0.25, -0.2) is 4.79 Å². The summed E-state index contributed by atoms with van der Waals surface area (Å²) < 4.78 is 5.23. The van der Waals surface area contributed by atoms with Gasteiger partial charge in [0.05, 0.1) is 5.56 Å². The molecule has 0 bridgehead atoms. The van der Waals surface area contributed by atoms with E-state index in [1.54, 1.807) is 12.1 Å². The van der Waals surface area contributed by atoms with Crippen LogP contribution in [0.3, 0.4) is 0 Å². The summed E-state index contributed by atoms with van der Waals surface area (Å²) in [5.41, 5.74) is 3.29. The Morgan fingerprint density at radius 2 is 1.96 bits per heavy atom. The van der Waals surface area contributed by atoms with Gasteiger partial charge in [0.25, 0.3) is 5.91 Å². The van der Waals surface area contributed by atoms with Crippen molar-refractivity contribution in [2.45, 2.75) is 19.4 Å². The van der Waals surface area contributed by atoms with Gasteiger partial charge in [-0.3, -0.25) is 15.2 Å². The SMILES string of the molecule is Cc1ccc(-c2nc(NC(=O)[C@@H]3Cc4ccccc4C(=O)O3)n[nH]2)cc1. The Labute approximate surface area is 149 Å². The van der Waals surface area contributed by atoms with E-state index in [0.717, 1.165) is 16.7 Å². The van der Waals surface area contributed by atoms with Gasteiger partial charge >= 0.3 is 5.97 Å². The highest BCUT2D eigenvalue weighted by Gasteiger charge is 2.31. The van der Waals surface area contributed by atoms with Crippen LogP contribution in [0.15, 0.2) is 48.5 Å². The van der Waals surface area contributed by atoms with E-state index in [4.69, 9.17) is 4.74 Å². The molecule has 1 amide bonds. The van der Waals surface area contributed by atoms with E-state index < -0.39 is 18.0 Å². The zero-order valence-corrected chi connectivity index (χ0v) is 14.0. The van der Waals surface area contributed by atoms with Crippen molar-refractivity contribution in [1.29, 1.82) is 0 Å². The number of H-pyrrole nitrogens is 1. The van der Waals surface area contributed by atoms with Crippen molar-refractivity contribution in [3.8, 4) is 11.4 Å². The summed E-state index contributed by atoms with van der Waals surface area (Å²) in [5.74, 6) is -0.267. The quantitative estimate of drug-likeness (QED) is 0.709. The van der Waals surface area contributed by atoms with E-state index >= 15 is 0 Å². The molecule has 26 heavy (non-hydrogen) atoms. The highest BCUT2D eigenvalue weighted by atomic mass is 16.5. The minimum atomic E-state index is -0.904. The average Bonchev–Trinajstić information content (AvgIpc) is 3.10. The van der Waals surface area contributed by atoms with Crippen LogP contribution in [0.2, 0.25) is 0 Å². The number of carbonyl (C=O) groups excluding carboxylic acids is 2. The molecule has 0 saturated carbocycles. The standard InChI is InChI=1S/C19H16N4O3/c1-11-6-8-12(9-7-11)16-20-19(23-22-16)21-17(24)15-10-13-4-2-3-5-14(13)18(25)26-15/h2-9,15H,10H2,1H3,(H2,20,21,22,23,24)/t15-/m0/s1. The molecule has 3 aromatic rings. The first-order chi connectivity index (χ1) is 12.6. The molecule has 0 saturated heterocycles. The van der Waals surface area contributed by atoms with Crippen molar-refractivity contribution in [1.82, 2.24) is 15.2 Å². The van der Waals surface area contributed by atoms with Gasteiger partial charge in [-0.15, -0.1) is 5.10 Å². The Hall–Kier alpha value is -3.48. The number of hydrogen-bond acceptors (Lipinski definition) is 5. The highest BCUT2D eigenvalue weighted by molar-refractivity contribution is 5.99. The van der Waals surface area contributed by atoms with Gasteiger partial charge in [-0.2, -0.15) is 4.98 Å². The summed E-state index contributed by atoms with van der Waals surface area (Å²) in [7, 11) is 0. The lowest BCUT2D eigenvalue weighted by Gasteiger charge is -2.23. The van der Waals surface area contributed by atoms with Crippen LogP contribution in [0.4, 0.5) is 5.95 Å². The van der Waals surface area contributed by atoms with Crippen LogP contribution in [0.25, 0.3) is 11.4 Å². The van der Waals surface area contributed by atoms with E-state index in [1.807, 2.05) is 43.3 Å². The maximum atomic E-state index is 12.4. The second-order valence-corrected chi connectivity index (χ2v) is 6.12. The molecule has 2 aromatic carbocycles. The molecule has 4 rings (SSSR count). The normalized spacial score (nSPS) is 15.9. The van der Waals surface area contributed by atoms with E-state index in [1.165, 1.54) is 0 Å². The molecule has 0 fully saturated rings. The zero-order chi connectivity index (χ0) is 18.1. The smallest absolute Gasteiger partial charge is 0.339 e. The number of benzene rings is 2. The molecule has 0 radical (unpaired) electrons. The lowest BCUT2D eigenvalue weighted by atomic mass is 9.98. The number of fused-ring (bicyclic) bond motifs is 1. The van der Waals surface area contributed by atoms with E-state index in [-0.39, 0.29) is 5.95 Å². The highest BCUT2D eigenvalue weighted by Crippen LogP contribution is 2.21. The largest absolute Gasteiger partial charge is 0.448 e. The van der Waals surface area contributed by atoms with Gasteiger partial charge in [0, 0.05) is 12.0 Å². The molecule has 130 valence electrons. The molecule has 1 aromatic heterocycles. The van der Waals surface area contributed by atoms with Gasteiger partial charge in [-0.1, -0.05) is 48.0 Å². The van der Waals surface area contributed by atoms with Crippen molar-refractivity contribution in [3.63, 3.8) is 0 Å². The van der Waals surface area contributed by atoms with Gasteiger partial charge in [0.1, 0.15) is 0 Å². The van der Waals surface area contributed by atoms with Crippen LogP contribution in [0.1, 0.15) is 21.5 Å². The number of nitrogens with zero attached hydrogens (tertiary/aromatic N) is 2. The van der Waals surface area contributed by atoms with Crippen molar-refractivity contribution >= 4 is 17.8 Å². The minimum absolute atomic E-state index is 0.139. The lowest BCUT2D eigenvalue weighted by Crippen LogP contribution is -2.38. The molecule has 2 N–H and O–H groups in total. The van der Waals surface area contributed by atoms with Crippen LogP contribution in [-0.4, -0.2) is 33.2 Å². The number of rotatable bonds is 3. The molecule has 1 aliphatic heterocycles. The number of amides is 1. The second kappa shape index (κ2) is 6.44. The fourth-order valence-corrected chi connectivity index (χ4v) is 2.83. The third-order valence-electron chi connectivity index (χ3n) is 4.23. The van der Waals surface area contributed by atoms with Crippen LogP contribution >= 0.6 is 0 Å². The number of anilines is 1. The molecule has 7 heteroatoms. The molecule has 7 nitrogen and oxygen atoms in total. The summed E-state index contributed by atoms with van der Waals surface area (Å²) in [5, 5.41) is 9.39.